The SMILES string of the molecule is CC(c1ccc(Cl)cc1)N1CCN(S(=O)(=O)C2CCS(=O)(=O)C2)CC1. The van der Waals surface area contributed by atoms with Gasteiger partial charge in [0.1, 0.15) is 0 Å². The first-order chi connectivity index (χ1) is 11.7. The molecule has 2 heterocycles. The lowest BCUT2D eigenvalue weighted by molar-refractivity contribution is 0.145. The maximum atomic E-state index is 12.7. The predicted molar refractivity (Wildman–Crippen MR) is 99.0 cm³/mol. The van der Waals surface area contributed by atoms with E-state index in [2.05, 4.69) is 11.8 Å². The molecule has 0 spiro atoms. The van der Waals surface area contributed by atoms with E-state index in [0.29, 0.717) is 31.2 Å². The standard InChI is InChI=1S/C16H23ClN2O4S2/c1-13(14-2-4-15(17)5-3-14)18-7-9-19(10-8-18)25(22,23)16-6-11-24(20,21)12-16/h2-5,13,16H,6-12H2,1H3. The second kappa shape index (κ2) is 7.15. The van der Waals surface area contributed by atoms with E-state index in [-0.39, 0.29) is 24.0 Å². The molecule has 1 aromatic rings. The summed E-state index contributed by atoms with van der Waals surface area (Å²) in [7, 11) is -6.75. The highest BCUT2D eigenvalue weighted by molar-refractivity contribution is 7.95. The highest BCUT2D eigenvalue weighted by atomic mass is 35.5. The van der Waals surface area contributed by atoms with E-state index in [1.807, 2.05) is 24.3 Å². The highest BCUT2D eigenvalue weighted by Gasteiger charge is 2.41. The third-order valence-corrected chi connectivity index (χ3v) is 9.71. The fourth-order valence-corrected chi connectivity index (χ4v) is 8.14. The van der Waals surface area contributed by atoms with E-state index in [1.54, 1.807) is 0 Å². The van der Waals surface area contributed by atoms with Gasteiger partial charge in [-0.2, -0.15) is 4.31 Å². The monoisotopic (exact) mass is 406 g/mol. The fourth-order valence-electron chi connectivity index (χ4n) is 3.50. The van der Waals surface area contributed by atoms with Gasteiger partial charge < -0.3 is 0 Å². The van der Waals surface area contributed by atoms with Gasteiger partial charge in [-0.05, 0) is 31.0 Å². The Balaban J connectivity index is 1.62. The van der Waals surface area contributed by atoms with Gasteiger partial charge in [0.15, 0.2) is 9.84 Å². The molecule has 0 bridgehead atoms. The Kier molecular flexibility index (Phi) is 5.46. The van der Waals surface area contributed by atoms with Gasteiger partial charge in [-0.25, -0.2) is 16.8 Å². The van der Waals surface area contributed by atoms with E-state index in [1.165, 1.54) is 4.31 Å². The van der Waals surface area contributed by atoms with Gasteiger partial charge in [-0.1, -0.05) is 23.7 Å². The number of halogens is 1. The number of sulfonamides is 1. The molecule has 1 aromatic carbocycles. The topological polar surface area (TPSA) is 74.8 Å². The van der Waals surface area contributed by atoms with Crippen molar-refractivity contribution in [2.24, 2.45) is 0 Å². The second-order valence-electron chi connectivity index (χ2n) is 6.73. The molecule has 2 atom stereocenters. The average Bonchev–Trinajstić information content (AvgIpc) is 2.96. The van der Waals surface area contributed by atoms with Crippen LogP contribution in [0.1, 0.15) is 24.9 Å². The van der Waals surface area contributed by atoms with Gasteiger partial charge in [-0.3, -0.25) is 4.90 Å². The van der Waals surface area contributed by atoms with Crippen LogP contribution in [0.4, 0.5) is 0 Å². The van der Waals surface area contributed by atoms with Crippen molar-refractivity contribution in [3.63, 3.8) is 0 Å². The van der Waals surface area contributed by atoms with Crippen molar-refractivity contribution in [3.05, 3.63) is 34.9 Å². The molecular formula is C16H23ClN2O4S2. The predicted octanol–water partition coefficient (Wildman–Crippen LogP) is 1.54. The van der Waals surface area contributed by atoms with Crippen LogP contribution in [-0.4, -0.2) is 69.0 Å². The number of hydrogen-bond donors (Lipinski definition) is 0. The molecule has 6 nitrogen and oxygen atoms in total. The quantitative estimate of drug-likeness (QED) is 0.758. The minimum Gasteiger partial charge on any atom is -0.294 e. The molecule has 140 valence electrons. The van der Waals surface area contributed by atoms with Crippen LogP contribution in [0, 0.1) is 0 Å². The van der Waals surface area contributed by atoms with Crippen LogP contribution in [0.3, 0.4) is 0 Å². The molecule has 25 heavy (non-hydrogen) atoms. The number of benzene rings is 1. The van der Waals surface area contributed by atoms with Gasteiger partial charge >= 0.3 is 0 Å². The first-order valence-electron chi connectivity index (χ1n) is 8.38. The van der Waals surface area contributed by atoms with E-state index in [4.69, 9.17) is 11.6 Å². The molecule has 2 unspecified atom stereocenters. The van der Waals surface area contributed by atoms with Crippen LogP contribution in [0.15, 0.2) is 24.3 Å². The Bertz CT molecular complexity index is 816. The molecule has 2 aliphatic heterocycles. The lowest BCUT2D eigenvalue weighted by atomic mass is 10.1. The number of hydrogen-bond acceptors (Lipinski definition) is 5. The van der Waals surface area contributed by atoms with Crippen LogP contribution >= 0.6 is 11.6 Å². The minimum absolute atomic E-state index is 0.0234. The molecule has 2 saturated heterocycles. The fraction of sp³-hybridized carbons (Fsp3) is 0.625. The number of rotatable bonds is 4. The van der Waals surface area contributed by atoms with Crippen LogP contribution in [-0.2, 0) is 19.9 Å². The van der Waals surface area contributed by atoms with Crippen molar-refractivity contribution >= 4 is 31.5 Å². The molecular weight excluding hydrogens is 384 g/mol. The first-order valence-corrected chi connectivity index (χ1v) is 12.1. The van der Waals surface area contributed by atoms with Crippen molar-refractivity contribution in [1.29, 1.82) is 0 Å². The van der Waals surface area contributed by atoms with Gasteiger partial charge in [0, 0.05) is 37.2 Å². The molecule has 3 rings (SSSR count). The van der Waals surface area contributed by atoms with E-state index in [0.717, 1.165) is 5.56 Å². The summed E-state index contributed by atoms with van der Waals surface area (Å²) in [6, 6.07) is 7.86. The average molecular weight is 407 g/mol. The van der Waals surface area contributed by atoms with Gasteiger partial charge in [0.25, 0.3) is 0 Å². The number of piperazine rings is 1. The van der Waals surface area contributed by atoms with Crippen LogP contribution in [0.5, 0.6) is 0 Å². The summed E-state index contributed by atoms with van der Waals surface area (Å²) in [5.74, 6) is -0.263. The molecule has 9 heteroatoms. The van der Waals surface area contributed by atoms with Gasteiger partial charge in [0.2, 0.25) is 10.0 Å². The summed E-state index contributed by atoms with van der Waals surface area (Å²) in [5.41, 5.74) is 1.14. The second-order valence-corrected chi connectivity index (χ2v) is 11.6. The first kappa shape index (κ1) is 19.1. The lowest BCUT2D eigenvalue weighted by Crippen LogP contribution is -2.51. The third-order valence-electron chi connectivity index (χ3n) is 5.15. The molecule has 0 aliphatic carbocycles. The number of sulfone groups is 1. The maximum absolute atomic E-state index is 12.7. The van der Waals surface area contributed by atoms with Gasteiger partial charge in [0.05, 0.1) is 16.8 Å². The Hall–Kier alpha value is -0.670. The Morgan fingerprint density at radius 1 is 1.12 bits per heavy atom. The van der Waals surface area contributed by atoms with Crippen molar-refractivity contribution in [2.75, 3.05) is 37.7 Å². The highest BCUT2D eigenvalue weighted by Crippen LogP contribution is 2.26. The van der Waals surface area contributed by atoms with E-state index < -0.39 is 25.1 Å². The molecule has 2 fully saturated rings. The Morgan fingerprint density at radius 3 is 2.24 bits per heavy atom. The van der Waals surface area contributed by atoms with Crippen LogP contribution in [0.2, 0.25) is 5.02 Å². The van der Waals surface area contributed by atoms with E-state index in [9.17, 15) is 16.8 Å². The van der Waals surface area contributed by atoms with Crippen molar-refractivity contribution in [1.82, 2.24) is 9.21 Å². The molecule has 0 radical (unpaired) electrons. The van der Waals surface area contributed by atoms with Crippen LogP contribution in [0.25, 0.3) is 0 Å². The Morgan fingerprint density at radius 2 is 1.72 bits per heavy atom. The largest absolute Gasteiger partial charge is 0.294 e. The smallest absolute Gasteiger partial charge is 0.218 e. The third kappa shape index (κ3) is 4.19. The summed E-state index contributed by atoms with van der Waals surface area (Å²) in [6.07, 6.45) is 0.214. The van der Waals surface area contributed by atoms with Crippen molar-refractivity contribution < 1.29 is 16.8 Å². The van der Waals surface area contributed by atoms with E-state index >= 15 is 0 Å². The van der Waals surface area contributed by atoms with Crippen molar-refractivity contribution in [2.45, 2.75) is 24.6 Å². The lowest BCUT2D eigenvalue weighted by Gasteiger charge is -2.38. The van der Waals surface area contributed by atoms with Crippen LogP contribution < -0.4 is 0 Å². The maximum Gasteiger partial charge on any atom is 0.218 e. The molecule has 2 aliphatic rings. The zero-order valence-electron chi connectivity index (χ0n) is 14.1. The zero-order chi connectivity index (χ0) is 18.2. The molecule has 0 aromatic heterocycles. The summed E-state index contributed by atoms with van der Waals surface area (Å²) in [6.45, 7) is 4.15. The molecule has 0 saturated carbocycles. The molecule has 0 N–H and O–H groups in total. The summed E-state index contributed by atoms with van der Waals surface area (Å²) in [5, 5.41) is -0.0869. The Labute approximate surface area is 154 Å². The molecule has 0 amide bonds. The number of nitrogens with zero attached hydrogens (tertiary/aromatic N) is 2. The summed E-state index contributed by atoms with van der Waals surface area (Å²) < 4.78 is 50.0. The van der Waals surface area contributed by atoms with Gasteiger partial charge in [-0.15, -0.1) is 0 Å². The normalized spacial score (nSPS) is 26.6. The minimum atomic E-state index is -3.54. The zero-order valence-corrected chi connectivity index (χ0v) is 16.5. The summed E-state index contributed by atoms with van der Waals surface area (Å²) >= 11 is 5.92. The van der Waals surface area contributed by atoms with Crippen molar-refractivity contribution in [3.8, 4) is 0 Å². The summed E-state index contributed by atoms with van der Waals surface area (Å²) in [4.78, 5) is 2.24.